The Bertz CT molecular complexity index is 82.9. The molecule has 0 heterocycles. The third-order valence-corrected chi connectivity index (χ3v) is 2.70. The van der Waals surface area contributed by atoms with Crippen molar-refractivity contribution in [3.8, 4) is 0 Å². The molecule has 0 amide bonds. The van der Waals surface area contributed by atoms with Gasteiger partial charge in [0.1, 0.15) is 0 Å². The van der Waals surface area contributed by atoms with E-state index in [-0.39, 0.29) is 0 Å². The van der Waals surface area contributed by atoms with Crippen LogP contribution in [-0.2, 0) is 4.74 Å². The Hall–Kier alpha value is -0.0400. The predicted molar refractivity (Wildman–Crippen MR) is 47.7 cm³/mol. The average molecular weight is 156 g/mol. The second-order valence-electron chi connectivity index (χ2n) is 3.64. The molecular weight excluding hydrogens is 136 g/mol. The second-order valence-corrected chi connectivity index (χ2v) is 3.64. The van der Waals surface area contributed by atoms with Gasteiger partial charge in [-0.25, -0.2) is 0 Å². The van der Waals surface area contributed by atoms with Gasteiger partial charge in [-0.05, 0) is 12.3 Å². The van der Waals surface area contributed by atoms with Crippen LogP contribution in [0.15, 0.2) is 0 Å². The molecule has 1 rings (SSSR count). The Labute approximate surface area is 70.1 Å². The maximum absolute atomic E-state index is 5.09. The van der Waals surface area contributed by atoms with Crippen molar-refractivity contribution >= 4 is 0 Å². The highest BCUT2D eigenvalue weighted by atomic mass is 16.5. The first-order valence-corrected chi connectivity index (χ1v) is 4.92. The van der Waals surface area contributed by atoms with Crippen molar-refractivity contribution < 1.29 is 4.74 Å². The molecular formula is C10H20O. The van der Waals surface area contributed by atoms with Crippen LogP contribution in [0.4, 0.5) is 0 Å². The maximum Gasteiger partial charge on any atom is 0.0464 e. The Balaban J connectivity index is 2.09. The van der Waals surface area contributed by atoms with Gasteiger partial charge >= 0.3 is 0 Å². The lowest BCUT2D eigenvalue weighted by atomic mass is 9.97. The summed E-state index contributed by atoms with van der Waals surface area (Å²) in [4.78, 5) is 0. The summed E-state index contributed by atoms with van der Waals surface area (Å²) in [6, 6.07) is 0. The van der Waals surface area contributed by atoms with Crippen molar-refractivity contribution in [2.24, 2.45) is 5.92 Å². The monoisotopic (exact) mass is 156 g/mol. The van der Waals surface area contributed by atoms with Gasteiger partial charge in [0.25, 0.3) is 0 Å². The fourth-order valence-electron chi connectivity index (χ4n) is 1.94. The molecule has 0 radical (unpaired) electrons. The lowest BCUT2D eigenvalue weighted by Gasteiger charge is -2.12. The van der Waals surface area contributed by atoms with E-state index in [1.165, 1.54) is 44.9 Å². The summed E-state index contributed by atoms with van der Waals surface area (Å²) in [5.41, 5.74) is 0. The van der Waals surface area contributed by atoms with E-state index >= 15 is 0 Å². The molecule has 11 heavy (non-hydrogen) atoms. The van der Waals surface area contributed by atoms with Gasteiger partial charge in [-0.2, -0.15) is 0 Å². The van der Waals surface area contributed by atoms with Gasteiger partial charge in [-0.15, -0.1) is 0 Å². The van der Waals surface area contributed by atoms with Crippen LogP contribution in [0.1, 0.15) is 44.9 Å². The minimum absolute atomic E-state index is 0.963. The molecule has 66 valence electrons. The van der Waals surface area contributed by atoms with Crippen LogP contribution >= 0.6 is 0 Å². The minimum atomic E-state index is 0.963. The summed E-state index contributed by atoms with van der Waals surface area (Å²) in [6.45, 7) is 0.963. The molecule has 1 aliphatic rings. The molecule has 1 saturated carbocycles. The van der Waals surface area contributed by atoms with Crippen molar-refractivity contribution in [3.63, 3.8) is 0 Å². The Morgan fingerprint density at radius 1 is 1.09 bits per heavy atom. The van der Waals surface area contributed by atoms with Gasteiger partial charge < -0.3 is 4.74 Å². The third-order valence-electron chi connectivity index (χ3n) is 2.70. The van der Waals surface area contributed by atoms with Crippen LogP contribution < -0.4 is 0 Å². The first kappa shape index (κ1) is 9.05. The molecule has 0 aliphatic heterocycles. The summed E-state index contributed by atoms with van der Waals surface area (Å²) in [5, 5.41) is 0. The maximum atomic E-state index is 5.09. The smallest absolute Gasteiger partial charge is 0.0464 e. The predicted octanol–water partition coefficient (Wildman–Crippen LogP) is 2.99. The van der Waals surface area contributed by atoms with E-state index in [1.807, 2.05) is 0 Å². The van der Waals surface area contributed by atoms with Crippen LogP contribution in [0.25, 0.3) is 0 Å². The highest BCUT2D eigenvalue weighted by molar-refractivity contribution is 4.63. The van der Waals surface area contributed by atoms with Crippen LogP contribution in [0.3, 0.4) is 0 Å². The summed E-state index contributed by atoms with van der Waals surface area (Å²) >= 11 is 0. The molecule has 0 N–H and O–H groups in total. The van der Waals surface area contributed by atoms with Gasteiger partial charge in [0.05, 0.1) is 0 Å². The van der Waals surface area contributed by atoms with E-state index in [0.29, 0.717) is 0 Å². The van der Waals surface area contributed by atoms with Crippen LogP contribution in [0.5, 0.6) is 0 Å². The van der Waals surface area contributed by atoms with Crippen molar-refractivity contribution in [2.45, 2.75) is 44.9 Å². The molecule has 0 atom stereocenters. The molecule has 1 nitrogen and oxygen atoms in total. The molecule has 0 bridgehead atoms. The molecule has 1 heteroatoms. The average Bonchev–Trinajstić information content (AvgIpc) is 2.28. The molecule has 0 aromatic rings. The second kappa shape index (κ2) is 5.59. The fourth-order valence-corrected chi connectivity index (χ4v) is 1.94. The van der Waals surface area contributed by atoms with Gasteiger partial charge in [-0.3, -0.25) is 0 Å². The number of methoxy groups -OCH3 is 1. The fraction of sp³-hybridized carbons (Fsp3) is 1.00. The molecule has 0 saturated heterocycles. The van der Waals surface area contributed by atoms with Crippen molar-refractivity contribution in [1.29, 1.82) is 0 Å². The van der Waals surface area contributed by atoms with E-state index < -0.39 is 0 Å². The summed E-state index contributed by atoms with van der Waals surface area (Å²) in [7, 11) is 1.80. The number of rotatable bonds is 3. The van der Waals surface area contributed by atoms with E-state index in [9.17, 15) is 0 Å². The Kier molecular flexibility index (Phi) is 4.60. The zero-order valence-electron chi connectivity index (χ0n) is 7.64. The number of hydrogen-bond acceptors (Lipinski definition) is 1. The van der Waals surface area contributed by atoms with Crippen molar-refractivity contribution in [3.05, 3.63) is 0 Å². The molecule has 0 unspecified atom stereocenters. The van der Waals surface area contributed by atoms with Gasteiger partial charge in [0.15, 0.2) is 0 Å². The van der Waals surface area contributed by atoms with E-state index in [0.717, 1.165) is 12.5 Å². The van der Waals surface area contributed by atoms with Crippen LogP contribution in [0, 0.1) is 5.92 Å². The van der Waals surface area contributed by atoms with Crippen molar-refractivity contribution in [1.82, 2.24) is 0 Å². The first-order valence-electron chi connectivity index (χ1n) is 4.92. The highest BCUT2D eigenvalue weighted by Crippen LogP contribution is 2.24. The Morgan fingerprint density at radius 3 is 2.27 bits per heavy atom. The normalized spacial score (nSPS) is 21.5. The van der Waals surface area contributed by atoms with E-state index in [2.05, 4.69) is 0 Å². The van der Waals surface area contributed by atoms with Gasteiger partial charge in [0, 0.05) is 13.7 Å². The number of hydrogen-bond donors (Lipinski definition) is 0. The summed E-state index contributed by atoms with van der Waals surface area (Å²) < 4.78 is 5.09. The SMILES string of the molecule is COCCC1CCCCCC1. The highest BCUT2D eigenvalue weighted by Gasteiger charge is 2.10. The topological polar surface area (TPSA) is 9.23 Å². The molecule has 1 aliphatic carbocycles. The zero-order chi connectivity index (χ0) is 7.94. The molecule has 0 aromatic carbocycles. The first-order chi connectivity index (χ1) is 5.43. The van der Waals surface area contributed by atoms with Gasteiger partial charge in [-0.1, -0.05) is 38.5 Å². The standard InChI is InChI=1S/C10H20O/c1-11-9-8-10-6-4-2-3-5-7-10/h10H,2-9H2,1H3. The van der Waals surface area contributed by atoms with E-state index in [1.54, 1.807) is 7.11 Å². The van der Waals surface area contributed by atoms with Crippen molar-refractivity contribution in [2.75, 3.05) is 13.7 Å². The van der Waals surface area contributed by atoms with Crippen LogP contribution in [0.2, 0.25) is 0 Å². The quantitative estimate of drug-likeness (QED) is 0.571. The molecule has 0 aromatic heterocycles. The minimum Gasteiger partial charge on any atom is -0.385 e. The number of ether oxygens (including phenoxy) is 1. The molecule has 0 spiro atoms. The Morgan fingerprint density at radius 2 is 1.73 bits per heavy atom. The lowest BCUT2D eigenvalue weighted by molar-refractivity contribution is 0.173. The lowest BCUT2D eigenvalue weighted by Crippen LogP contribution is -2.02. The molecule has 1 fully saturated rings. The van der Waals surface area contributed by atoms with Crippen LogP contribution in [-0.4, -0.2) is 13.7 Å². The summed E-state index contributed by atoms with van der Waals surface area (Å²) in [6.07, 6.45) is 10.0. The van der Waals surface area contributed by atoms with E-state index in [4.69, 9.17) is 4.74 Å². The van der Waals surface area contributed by atoms with Gasteiger partial charge in [0.2, 0.25) is 0 Å². The largest absolute Gasteiger partial charge is 0.385 e. The summed E-state index contributed by atoms with van der Waals surface area (Å²) in [5.74, 6) is 0.970. The zero-order valence-corrected chi connectivity index (χ0v) is 7.64. The third kappa shape index (κ3) is 3.76.